The van der Waals surface area contributed by atoms with E-state index in [4.69, 9.17) is 5.73 Å². The quantitative estimate of drug-likeness (QED) is 0.604. The molecule has 0 atom stereocenters. The van der Waals surface area contributed by atoms with E-state index in [-0.39, 0.29) is 0 Å². The number of aromatic nitrogens is 5. The first-order valence-electron chi connectivity index (χ1n) is 3.49. The van der Waals surface area contributed by atoms with Gasteiger partial charge in [0.25, 0.3) is 0 Å². The molecule has 0 bridgehead atoms. The summed E-state index contributed by atoms with van der Waals surface area (Å²) in [6.45, 7) is 0. The molecule has 0 spiro atoms. The van der Waals surface area contributed by atoms with Crippen LogP contribution >= 0.6 is 0 Å². The molecule has 0 saturated heterocycles. The normalized spacial score (nSPS) is 8.31. The zero-order valence-corrected chi connectivity index (χ0v) is 6.78. The van der Waals surface area contributed by atoms with Crippen LogP contribution in [-0.4, -0.2) is 25.4 Å². The molecule has 0 aliphatic heterocycles. The first kappa shape index (κ1) is 8.98. The lowest BCUT2D eigenvalue weighted by molar-refractivity contribution is 0.873. The average Bonchev–Trinajstić information content (AvgIpc) is 2.22. The van der Waals surface area contributed by atoms with E-state index < -0.39 is 0 Å². The predicted molar refractivity (Wildman–Crippen MR) is 46.3 cm³/mol. The van der Waals surface area contributed by atoms with Crippen molar-refractivity contribution in [3.05, 3.63) is 37.1 Å². The maximum atomic E-state index is 5.14. The SMILES string of the molecule is Nc1ccnnn1.c1cncnc1. The van der Waals surface area contributed by atoms with Crippen molar-refractivity contribution in [2.45, 2.75) is 0 Å². The van der Waals surface area contributed by atoms with Crippen molar-refractivity contribution in [1.82, 2.24) is 25.4 Å². The zero-order chi connectivity index (χ0) is 9.36. The highest BCUT2D eigenvalue weighted by Crippen LogP contribution is 1.83. The number of nitrogens with zero attached hydrogens (tertiary/aromatic N) is 5. The third kappa shape index (κ3) is 4.35. The van der Waals surface area contributed by atoms with Crippen molar-refractivity contribution < 1.29 is 0 Å². The Morgan fingerprint density at radius 2 is 1.85 bits per heavy atom. The van der Waals surface area contributed by atoms with Crippen molar-refractivity contribution in [3.8, 4) is 0 Å². The van der Waals surface area contributed by atoms with Crippen molar-refractivity contribution in [1.29, 1.82) is 0 Å². The summed E-state index contributed by atoms with van der Waals surface area (Å²) in [5.41, 5.74) is 5.14. The van der Waals surface area contributed by atoms with Gasteiger partial charge >= 0.3 is 0 Å². The van der Waals surface area contributed by atoms with Gasteiger partial charge in [-0.25, -0.2) is 9.97 Å². The molecule has 0 unspecified atom stereocenters. The number of anilines is 1. The molecule has 2 rings (SSSR count). The second-order valence-electron chi connectivity index (χ2n) is 1.95. The maximum absolute atomic E-state index is 5.14. The molecule has 0 aliphatic carbocycles. The van der Waals surface area contributed by atoms with Crippen LogP contribution in [0.5, 0.6) is 0 Å². The van der Waals surface area contributed by atoms with Crippen molar-refractivity contribution in [2.75, 3.05) is 5.73 Å². The van der Waals surface area contributed by atoms with Gasteiger partial charge in [0.1, 0.15) is 12.1 Å². The van der Waals surface area contributed by atoms with Gasteiger partial charge in [-0.2, -0.15) is 0 Å². The minimum absolute atomic E-state index is 0.398. The van der Waals surface area contributed by atoms with E-state index in [1.807, 2.05) is 0 Å². The summed E-state index contributed by atoms with van der Waals surface area (Å²) in [5, 5.41) is 10.1. The Balaban J connectivity index is 0.000000132. The summed E-state index contributed by atoms with van der Waals surface area (Å²) >= 11 is 0. The van der Waals surface area contributed by atoms with Crippen LogP contribution < -0.4 is 5.73 Å². The van der Waals surface area contributed by atoms with Gasteiger partial charge in [-0.3, -0.25) is 0 Å². The van der Waals surface area contributed by atoms with Crippen LogP contribution in [-0.2, 0) is 0 Å². The van der Waals surface area contributed by atoms with Gasteiger partial charge in [0.15, 0.2) is 0 Å². The minimum Gasteiger partial charge on any atom is -0.382 e. The fraction of sp³-hybridized carbons (Fsp3) is 0. The third-order valence-electron chi connectivity index (χ3n) is 1.00. The molecule has 2 N–H and O–H groups in total. The number of hydrogen-bond acceptors (Lipinski definition) is 6. The summed E-state index contributed by atoms with van der Waals surface area (Å²) in [7, 11) is 0. The standard InChI is InChI=1S/C4H4N2.C3H4N4/c1-2-5-4-6-3-1;4-3-1-2-5-7-6-3/h1-4H;1-2H,(H2,4,5,6). The molecule has 2 aromatic rings. The molecule has 0 fully saturated rings. The summed E-state index contributed by atoms with van der Waals surface area (Å²) in [6, 6.07) is 3.35. The van der Waals surface area contributed by atoms with Crippen molar-refractivity contribution in [2.24, 2.45) is 0 Å². The van der Waals surface area contributed by atoms with E-state index in [0.29, 0.717) is 5.82 Å². The molecule has 0 radical (unpaired) electrons. The number of hydrogen-bond donors (Lipinski definition) is 1. The molecule has 13 heavy (non-hydrogen) atoms. The first-order chi connectivity index (χ1) is 6.39. The number of nitrogens with two attached hydrogens (primary N) is 1. The molecule has 0 amide bonds. The fourth-order valence-electron chi connectivity index (χ4n) is 0.504. The van der Waals surface area contributed by atoms with E-state index >= 15 is 0 Å². The Bertz CT molecular complexity index is 283. The lowest BCUT2D eigenvalue weighted by Gasteiger charge is -1.80. The minimum atomic E-state index is 0.398. The van der Waals surface area contributed by atoms with Gasteiger partial charge in [-0.15, -0.1) is 10.2 Å². The number of rotatable bonds is 0. The Labute approximate surface area is 74.9 Å². The smallest absolute Gasteiger partial charge is 0.149 e. The molecule has 6 nitrogen and oxygen atoms in total. The second kappa shape index (κ2) is 5.53. The molecule has 0 aliphatic rings. The third-order valence-corrected chi connectivity index (χ3v) is 1.00. The molecule has 6 heteroatoms. The molecule has 2 heterocycles. The van der Waals surface area contributed by atoms with Crippen LogP contribution in [0.25, 0.3) is 0 Å². The monoisotopic (exact) mass is 176 g/mol. The largest absolute Gasteiger partial charge is 0.382 e. The highest BCUT2D eigenvalue weighted by molar-refractivity contribution is 5.21. The second-order valence-corrected chi connectivity index (χ2v) is 1.95. The Morgan fingerprint density at radius 1 is 1.08 bits per heavy atom. The van der Waals surface area contributed by atoms with Crippen LogP contribution in [0.1, 0.15) is 0 Å². The van der Waals surface area contributed by atoms with Gasteiger partial charge < -0.3 is 5.73 Å². The van der Waals surface area contributed by atoms with Crippen LogP contribution in [0.15, 0.2) is 37.1 Å². The van der Waals surface area contributed by atoms with E-state index in [1.165, 1.54) is 12.5 Å². The molecule has 0 aromatic carbocycles. The molecule has 0 saturated carbocycles. The van der Waals surface area contributed by atoms with Crippen LogP contribution in [0.4, 0.5) is 5.82 Å². The average molecular weight is 176 g/mol. The maximum Gasteiger partial charge on any atom is 0.149 e. The molecule has 2 aromatic heterocycles. The van der Waals surface area contributed by atoms with Gasteiger partial charge in [0.2, 0.25) is 0 Å². The van der Waals surface area contributed by atoms with Gasteiger partial charge in [0.05, 0.1) is 6.20 Å². The fourth-order valence-corrected chi connectivity index (χ4v) is 0.504. The molecular formula is C7H8N6. The first-order valence-corrected chi connectivity index (χ1v) is 3.49. The Kier molecular flexibility index (Phi) is 3.82. The van der Waals surface area contributed by atoms with E-state index in [2.05, 4.69) is 25.4 Å². The van der Waals surface area contributed by atoms with Gasteiger partial charge in [0, 0.05) is 18.5 Å². The Hall–Kier alpha value is -2.11. The highest BCUT2D eigenvalue weighted by atomic mass is 15.3. The lowest BCUT2D eigenvalue weighted by atomic mass is 10.6. The molecule has 66 valence electrons. The number of nitrogen functional groups attached to an aromatic ring is 1. The van der Waals surface area contributed by atoms with Crippen LogP contribution in [0, 0.1) is 0 Å². The summed E-state index contributed by atoms with van der Waals surface area (Å²) < 4.78 is 0. The summed E-state index contributed by atoms with van der Waals surface area (Å²) in [4.78, 5) is 7.35. The van der Waals surface area contributed by atoms with Crippen molar-refractivity contribution >= 4 is 5.82 Å². The summed E-state index contributed by atoms with van der Waals surface area (Å²) in [6.07, 6.45) is 6.36. The van der Waals surface area contributed by atoms with E-state index in [1.54, 1.807) is 24.5 Å². The highest BCUT2D eigenvalue weighted by Gasteiger charge is 1.76. The van der Waals surface area contributed by atoms with E-state index in [9.17, 15) is 0 Å². The summed E-state index contributed by atoms with van der Waals surface area (Å²) in [5.74, 6) is 0.398. The van der Waals surface area contributed by atoms with Gasteiger partial charge in [-0.1, -0.05) is 0 Å². The van der Waals surface area contributed by atoms with Crippen LogP contribution in [0.3, 0.4) is 0 Å². The predicted octanol–water partition coefficient (Wildman–Crippen LogP) is -0.0696. The van der Waals surface area contributed by atoms with E-state index in [0.717, 1.165) is 0 Å². The molecular weight excluding hydrogens is 168 g/mol. The van der Waals surface area contributed by atoms with Gasteiger partial charge in [-0.05, 0) is 11.3 Å². The van der Waals surface area contributed by atoms with Crippen molar-refractivity contribution in [3.63, 3.8) is 0 Å². The topological polar surface area (TPSA) is 90.5 Å². The Morgan fingerprint density at radius 3 is 2.08 bits per heavy atom. The lowest BCUT2D eigenvalue weighted by Crippen LogP contribution is -1.91. The van der Waals surface area contributed by atoms with Crippen LogP contribution in [0.2, 0.25) is 0 Å². The zero-order valence-electron chi connectivity index (χ0n) is 6.78.